The molecule has 0 saturated carbocycles. The molecule has 7 heteroatoms. The molecule has 0 spiro atoms. The zero-order chi connectivity index (χ0) is 18.6. The van der Waals surface area contributed by atoms with Crippen LogP contribution in [0.15, 0.2) is 41.7 Å². The van der Waals surface area contributed by atoms with Gasteiger partial charge in [0.1, 0.15) is 0 Å². The van der Waals surface area contributed by atoms with Gasteiger partial charge in [-0.3, -0.25) is 9.88 Å². The number of carbonyl (C=O) groups excluding carboxylic acids is 1. The lowest BCUT2D eigenvalue weighted by Crippen LogP contribution is -2.51. The van der Waals surface area contributed by atoms with Gasteiger partial charge >= 0.3 is 6.03 Å². The van der Waals surface area contributed by atoms with E-state index in [2.05, 4.69) is 16.1 Å². The highest BCUT2D eigenvalue weighted by molar-refractivity contribution is 5.89. The Balaban J connectivity index is 1.65. The highest BCUT2D eigenvalue weighted by Gasteiger charge is 2.32. The van der Waals surface area contributed by atoms with E-state index >= 15 is 0 Å². The zero-order valence-corrected chi connectivity index (χ0v) is 15.6. The van der Waals surface area contributed by atoms with Crippen LogP contribution in [-0.4, -0.2) is 77.5 Å². The van der Waals surface area contributed by atoms with Gasteiger partial charge in [0.25, 0.3) is 0 Å². The van der Waals surface area contributed by atoms with Gasteiger partial charge in [0.15, 0.2) is 0 Å². The maximum Gasteiger partial charge on any atom is 0.325 e. The van der Waals surface area contributed by atoms with E-state index < -0.39 is 0 Å². The van der Waals surface area contributed by atoms with E-state index in [0.717, 1.165) is 36.5 Å². The summed E-state index contributed by atoms with van der Waals surface area (Å²) in [6.45, 7) is 6.19. The normalized spacial score (nSPS) is 22.8. The maximum atomic E-state index is 13.1. The number of urea groups is 1. The fourth-order valence-corrected chi connectivity index (χ4v) is 3.65. The number of hydrogen-bond acceptors (Lipinski definition) is 5. The molecule has 4 rings (SSSR count). The summed E-state index contributed by atoms with van der Waals surface area (Å²) >= 11 is 0. The van der Waals surface area contributed by atoms with E-state index in [0.29, 0.717) is 26.3 Å². The van der Waals surface area contributed by atoms with E-state index in [4.69, 9.17) is 9.73 Å². The van der Waals surface area contributed by atoms with Crippen LogP contribution < -0.4 is 0 Å². The van der Waals surface area contributed by atoms with Gasteiger partial charge in [0, 0.05) is 43.6 Å². The third kappa shape index (κ3) is 4.03. The molecular weight excluding hydrogens is 342 g/mol. The van der Waals surface area contributed by atoms with Crippen LogP contribution in [0.25, 0.3) is 5.70 Å². The first-order valence-corrected chi connectivity index (χ1v) is 9.45. The van der Waals surface area contributed by atoms with Gasteiger partial charge in [-0.15, -0.1) is 0 Å². The van der Waals surface area contributed by atoms with Gasteiger partial charge in [-0.2, -0.15) is 0 Å². The molecule has 2 bridgehead atoms. The summed E-state index contributed by atoms with van der Waals surface area (Å²) in [5, 5.41) is 0. The highest BCUT2D eigenvalue weighted by atomic mass is 16.5. The van der Waals surface area contributed by atoms with Crippen molar-refractivity contribution in [1.29, 1.82) is 0 Å². The monoisotopic (exact) mass is 367 g/mol. The number of hydrogen-bond donors (Lipinski definition) is 0. The Bertz CT molecular complexity index is 782. The number of morpholine rings is 1. The quantitative estimate of drug-likeness (QED) is 0.763. The van der Waals surface area contributed by atoms with Crippen LogP contribution in [0.1, 0.15) is 17.7 Å². The average molecular weight is 367 g/mol. The highest BCUT2D eigenvalue weighted by Crippen LogP contribution is 2.21. The van der Waals surface area contributed by atoms with E-state index in [-0.39, 0.29) is 12.1 Å². The summed E-state index contributed by atoms with van der Waals surface area (Å²) in [5.74, 6) is 0. The SMILES string of the molecule is Cc1cc(C2=CC=CN3CC[C@@H](C3)N(C(=O)N3CCOCC3)C=N2)ccn1. The Morgan fingerprint density at radius 3 is 2.93 bits per heavy atom. The van der Waals surface area contributed by atoms with E-state index in [9.17, 15) is 4.79 Å². The Morgan fingerprint density at radius 1 is 1.26 bits per heavy atom. The molecular formula is C20H25N5O2. The Kier molecular flexibility index (Phi) is 5.20. The first-order chi connectivity index (χ1) is 13.2. The Labute approximate surface area is 159 Å². The van der Waals surface area contributed by atoms with Crippen LogP contribution in [0.4, 0.5) is 4.79 Å². The van der Waals surface area contributed by atoms with Crippen molar-refractivity contribution in [3.63, 3.8) is 0 Å². The molecule has 0 N–H and O–H groups in total. The molecule has 1 aromatic rings. The summed E-state index contributed by atoms with van der Waals surface area (Å²) in [7, 11) is 0. The number of allylic oxidation sites excluding steroid dienone is 2. The van der Waals surface area contributed by atoms with Crippen LogP contribution in [0.5, 0.6) is 0 Å². The van der Waals surface area contributed by atoms with Gasteiger partial charge in [-0.25, -0.2) is 9.79 Å². The number of aliphatic imine (C=N–C) groups is 1. The molecule has 7 nitrogen and oxygen atoms in total. The molecule has 2 saturated heterocycles. The van der Waals surface area contributed by atoms with Gasteiger partial charge in [0.05, 0.1) is 31.3 Å². The minimum atomic E-state index is 0.0173. The van der Waals surface area contributed by atoms with Crippen molar-refractivity contribution in [3.8, 4) is 0 Å². The van der Waals surface area contributed by atoms with Crippen LogP contribution in [0.3, 0.4) is 0 Å². The second-order valence-electron chi connectivity index (χ2n) is 7.05. The van der Waals surface area contributed by atoms with Gasteiger partial charge in [-0.1, -0.05) is 0 Å². The standard InChI is InChI=1S/C20H25N5O2/c1-16-13-17(4-6-21-16)19-3-2-7-23-8-5-18(14-23)25(15-22-19)20(26)24-9-11-27-12-10-24/h2-4,6-7,13,15,18H,5,8-12,14H2,1H3/t18-/m0/s1. The number of ether oxygens (including phenoxy) is 1. The van der Waals surface area contributed by atoms with Crippen molar-refractivity contribution in [1.82, 2.24) is 19.7 Å². The second-order valence-corrected chi connectivity index (χ2v) is 7.05. The Morgan fingerprint density at radius 2 is 2.11 bits per heavy atom. The average Bonchev–Trinajstić information content (AvgIpc) is 3.15. The van der Waals surface area contributed by atoms with Crippen molar-refractivity contribution in [2.75, 3.05) is 39.4 Å². The first-order valence-electron chi connectivity index (χ1n) is 9.45. The number of aromatic nitrogens is 1. The number of rotatable bonds is 1. The number of aryl methyl sites for hydroxylation is 1. The summed E-state index contributed by atoms with van der Waals surface area (Å²) in [6.07, 6.45) is 10.5. The number of amides is 2. The molecule has 0 aliphatic carbocycles. The number of pyridine rings is 1. The summed E-state index contributed by atoms with van der Waals surface area (Å²) in [5.41, 5.74) is 2.75. The van der Waals surface area contributed by atoms with Crippen molar-refractivity contribution in [3.05, 3.63) is 47.9 Å². The minimum Gasteiger partial charge on any atom is -0.378 e. The molecule has 27 heavy (non-hydrogen) atoms. The van der Waals surface area contributed by atoms with Gasteiger partial charge in [-0.05, 0) is 43.8 Å². The third-order valence-corrected chi connectivity index (χ3v) is 5.16. The predicted molar refractivity (Wildman–Crippen MR) is 104 cm³/mol. The predicted octanol–water partition coefficient (Wildman–Crippen LogP) is 2.12. The number of carbonyl (C=O) groups is 1. The number of nitrogens with zero attached hydrogens (tertiary/aromatic N) is 5. The smallest absolute Gasteiger partial charge is 0.325 e. The molecule has 1 aromatic heterocycles. The van der Waals surface area contributed by atoms with E-state index in [1.165, 1.54) is 0 Å². The molecule has 3 aliphatic heterocycles. The third-order valence-electron chi connectivity index (χ3n) is 5.16. The lowest BCUT2D eigenvalue weighted by Gasteiger charge is -2.33. The van der Waals surface area contributed by atoms with Crippen molar-refractivity contribution < 1.29 is 9.53 Å². The molecule has 0 radical (unpaired) electrons. The summed E-state index contributed by atoms with van der Waals surface area (Å²) < 4.78 is 5.39. The second kappa shape index (κ2) is 7.92. The molecule has 2 amide bonds. The van der Waals surface area contributed by atoms with Crippen LogP contribution >= 0.6 is 0 Å². The first kappa shape index (κ1) is 17.7. The summed E-state index contributed by atoms with van der Waals surface area (Å²) in [6, 6.07) is 4.10. The van der Waals surface area contributed by atoms with Gasteiger partial charge in [0.2, 0.25) is 0 Å². The van der Waals surface area contributed by atoms with Crippen LogP contribution in [0, 0.1) is 6.92 Å². The molecule has 3 aliphatic rings. The van der Waals surface area contributed by atoms with Crippen LogP contribution in [0.2, 0.25) is 0 Å². The fourth-order valence-electron chi connectivity index (χ4n) is 3.65. The zero-order valence-electron chi connectivity index (χ0n) is 15.6. The van der Waals surface area contributed by atoms with Crippen molar-refractivity contribution >= 4 is 18.1 Å². The van der Waals surface area contributed by atoms with Gasteiger partial charge < -0.3 is 14.5 Å². The lowest BCUT2D eigenvalue weighted by molar-refractivity contribution is 0.0463. The summed E-state index contributed by atoms with van der Waals surface area (Å²) in [4.78, 5) is 28.0. The topological polar surface area (TPSA) is 61.3 Å². The van der Waals surface area contributed by atoms with E-state index in [1.54, 1.807) is 12.5 Å². The molecule has 1 atom stereocenters. The van der Waals surface area contributed by atoms with E-state index in [1.807, 2.05) is 41.0 Å². The number of fused-ring (bicyclic) bond motifs is 2. The largest absolute Gasteiger partial charge is 0.378 e. The maximum absolute atomic E-state index is 13.1. The molecule has 2 fully saturated rings. The fraction of sp³-hybridized carbons (Fsp3) is 0.450. The lowest BCUT2D eigenvalue weighted by atomic mass is 10.1. The van der Waals surface area contributed by atoms with Crippen LogP contribution in [-0.2, 0) is 4.74 Å². The van der Waals surface area contributed by atoms with Crippen molar-refractivity contribution in [2.45, 2.75) is 19.4 Å². The molecule has 4 heterocycles. The molecule has 142 valence electrons. The molecule has 0 unspecified atom stereocenters. The molecule has 0 aromatic carbocycles. The van der Waals surface area contributed by atoms with Crippen molar-refractivity contribution in [2.24, 2.45) is 4.99 Å². The Hall–Kier alpha value is -2.67. The minimum absolute atomic E-state index is 0.0173.